The van der Waals surface area contributed by atoms with Crippen LogP contribution in [0.15, 0.2) is 24.5 Å². The van der Waals surface area contributed by atoms with Gasteiger partial charge in [0, 0.05) is 23.6 Å². The number of carbonyl (C=O) groups is 3. The third kappa shape index (κ3) is 3.43. The van der Waals surface area contributed by atoms with Gasteiger partial charge in [0.25, 0.3) is 24.0 Å². The van der Waals surface area contributed by atoms with Crippen LogP contribution in [0.2, 0.25) is 0 Å². The van der Waals surface area contributed by atoms with Crippen LogP contribution in [0, 0.1) is 12.8 Å². The monoisotopic (exact) mass is 481 g/mol. The Balaban J connectivity index is 1.30. The number of H-pyrrole nitrogens is 1. The van der Waals surface area contributed by atoms with E-state index in [0.717, 1.165) is 12.5 Å². The maximum absolute atomic E-state index is 13.3. The molecule has 4 heterocycles. The number of fused-ring (bicyclic) bond motifs is 3. The number of rotatable bonds is 7. The molecule has 0 bridgehead atoms. The highest BCUT2D eigenvalue weighted by Crippen LogP contribution is 2.54. The average molecular weight is 481 g/mol. The van der Waals surface area contributed by atoms with Gasteiger partial charge in [-0.3, -0.25) is 19.4 Å². The molecule has 35 heavy (non-hydrogen) atoms. The molecule has 0 spiro atoms. The Labute approximate surface area is 197 Å². The molecule has 2 fully saturated rings. The van der Waals surface area contributed by atoms with Crippen molar-refractivity contribution in [3.05, 3.63) is 58.4 Å². The van der Waals surface area contributed by atoms with Gasteiger partial charge in [-0.1, -0.05) is 0 Å². The van der Waals surface area contributed by atoms with Crippen molar-refractivity contribution in [3.63, 3.8) is 0 Å². The van der Waals surface area contributed by atoms with E-state index < -0.39 is 35.3 Å². The Bertz CT molecular complexity index is 1380. The first-order chi connectivity index (χ1) is 16.8. The number of nitrogens with zero attached hydrogens (tertiary/aromatic N) is 4. The lowest BCUT2D eigenvalue weighted by atomic mass is 10.0. The van der Waals surface area contributed by atoms with Crippen LogP contribution in [0.1, 0.15) is 75.2 Å². The summed E-state index contributed by atoms with van der Waals surface area (Å²) in [6.45, 7) is 1.64. The minimum atomic E-state index is -2.77. The molecule has 3 aliphatic rings. The van der Waals surface area contributed by atoms with Crippen LogP contribution >= 0.6 is 0 Å². The number of amides is 2. The highest BCUT2D eigenvalue weighted by Gasteiger charge is 2.52. The quantitative estimate of drug-likeness (QED) is 0.351. The first-order valence-electron chi connectivity index (χ1n) is 11.3. The Kier molecular flexibility index (Phi) is 4.63. The van der Waals surface area contributed by atoms with Crippen LogP contribution in [-0.2, 0) is 16.8 Å². The molecule has 6 rings (SSSR count). The molecule has 180 valence electrons. The van der Waals surface area contributed by atoms with Crippen molar-refractivity contribution in [1.82, 2.24) is 30.3 Å². The van der Waals surface area contributed by atoms with E-state index in [9.17, 15) is 23.2 Å². The Morgan fingerprint density at radius 3 is 2.77 bits per heavy atom. The summed E-state index contributed by atoms with van der Waals surface area (Å²) in [7, 11) is 0. The smallest absolute Gasteiger partial charge is 0.293 e. The molecule has 12 heteroatoms. The number of hydrogen-bond donors (Lipinski definition) is 3. The number of aromatic nitrogens is 5. The van der Waals surface area contributed by atoms with E-state index in [1.165, 1.54) is 18.5 Å². The Morgan fingerprint density at radius 2 is 2.09 bits per heavy atom. The van der Waals surface area contributed by atoms with Crippen LogP contribution in [0.25, 0.3) is 0 Å². The molecule has 0 aromatic carbocycles. The molecular weight excluding hydrogens is 460 g/mol. The van der Waals surface area contributed by atoms with Gasteiger partial charge in [0.1, 0.15) is 17.1 Å². The number of nitrogens with one attached hydrogen (secondary N) is 3. The predicted octanol–water partition coefficient (Wildman–Crippen LogP) is 2.60. The standard InChI is InChI=1S/C23H21F2N7O3/c1-10-17(19(33)22(35)29-23(3-4-23)16-9-27-31-30-16)15-7-11-6-14(11)32(15)18(10)21(34)28-12-2-5-26-13(8-12)20(24)25/h2,5,8-9,11,14,20H,3-4,6-7H2,1H3,(H,29,35)(H,26,28,34)(H,27,30,31)/t11?,14-/m1/s1. The van der Waals surface area contributed by atoms with Crippen LogP contribution in [-0.4, -0.2) is 42.6 Å². The van der Waals surface area contributed by atoms with E-state index in [0.29, 0.717) is 42.1 Å². The lowest BCUT2D eigenvalue weighted by Crippen LogP contribution is -2.40. The number of halogens is 2. The van der Waals surface area contributed by atoms with Crippen molar-refractivity contribution in [2.45, 2.75) is 50.6 Å². The topological polar surface area (TPSA) is 135 Å². The maximum Gasteiger partial charge on any atom is 0.293 e. The number of aromatic amines is 1. The van der Waals surface area contributed by atoms with Gasteiger partial charge in [0.15, 0.2) is 0 Å². The molecule has 3 aromatic heterocycles. The van der Waals surface area contributed by atoms with Gasteiger partial charge in [-0.2, -0.15) is 15.4 Å². The minimum Gasteiger partial charge on any atom is -0.338 e. The molecule has 10 nitrogen and oxygen atoms in total. The van der Waals surface area contributed by atoms with E-state index in [1.807, 2.05) is 4.57 Å². The highest BCUT2D eigenvalue weighted by atomic mass is 19.3. The number of alkyl halides is 2. The van der Waals surface area contributed by atoms with E-state index in [1.54, 1.807) is 6.92 Å². The summed E-state index contributed by atoms with van der Waals surface area (Å²) >= 11 is 0. The SMILES string of the molecule is Cc1c(C(=O)C(=O)NC2(c3cn[nH]n3)CC2)c2n(c1C(=O)Nc1ccnc(C(F)F)c1)[C@@H]1CC1C2. The molecular formula is C23H21F2N7O3. The number of pyridine rings is 1. The zero-order chi connectivity index (χ0) is 24.5. The summed E-state index contributed by atoms with van der Waals surface area (Å²) in [5, 5.41) is 15.8. The van der Waals surface area contributed by atoms with E-state index >= 15 is 0 Å². The lowest BCUT2D eigenvalue weighted by Gasteiger charge is -2.14. The zero-order valence-corrected chi connectivity index (χ0v) is 18.6. The van der Waals surface area contributed by atoms with Crippen molar-refractivity contribution in [2.75, 3.05) is 5.32 Å². The Morgan fingerprint density at radius 1 is 1.29 bits per heavy atom. The molecule has 2 amide bonds. The van der Waals surface area contributed by atoms with Crippen LogP contribution in [0.3, 0.4) is 0 Å². The summed E-state index contributed by atoms with van der Waals surface area (Å²) in [5.41, 5.74) is 1.17. The third-order valence-electron chi connectivity index (χ3n) is 7.14. The van der Waals surface area contributed by atoms with Crippen molar-refractivity contribution in [1.29, 1.82) is 0 Å². The first kappa shape index (κ1) is 21.6. The minimum absolute atomic E-state index is 0.0908. The fourth-order valence-electron chi connectivity index (χ4n) is 5.16. The fourth-order valence-corrected chi connectivity index (χ4v) is 5.16. The van der Waals surface area contributed by atoms with Crippen molar-refractivity contribution in [2.24, 2.45) is 5.92 Å². The fraction of sp³-hybridized carbons (Fsp3) is 0.391. The molecule has 0 radical (unpaired) electrons. The maximum atomic E-state index is 13.3. The van der Waals surface area contributed by atoms with Crippen molar-refractivity contribution < 1.29 is 23.2 Å². The number of ketones is 1. The molecule has 2 saturated carbocycles. The number of anilines is 1. The highest BCUT2D eigenvalue weighted by molar-refractivity contribution is 6.44. The number of Topliss-reactive ketones (excluding diaryl/α,β-unsaturated/α-hetero) is 1. The normalized spacial score (nSPS) is 20.8. The number of hydrogen-bond acceptors (Lipinski definition) is 6. The molecule has 1 unspecified atom stereocenters. The molecule has 2 aliphatic carbocycles. The van der Waals surface area contributed by atoms with Gasteiger partial charge in [0.2, 0.25) is 0 Å². The Hall–Kier alpha value is -3.96. The largest absolute Gasteiger partial charge is 0.338 e. The average Bonchev–Trinajstić information content (AvgIpc) is 3.61. The van der Waals surface area contributed by atoms with E-state index in [2.05, 4.69) is 31.0 Å². The second kappa shape index (κ2) is 7.52. The lowest BCUT2D eigenvalue weighted by molar-refractivity contribution is -0.118. The molecule has 2 atom stereocenters. The second-order valence-corrected chi connectivity index (χ2v) is 9.38. The van der Waals surface area contributed by atoms with Crippen molar-refractivity contribution in [3.8, 4) is 0 Å². The predicted molar refractivity (Wildman–Crippen MR) is 117 cm³/mol. The molecule has 3 N–H and O–H groups in total. The number of carbonyl (C=O) groups excluding carboxylic acids is 3. The second-order valence-electron chi connectivity index (χ2n) is 9.38. The summed E-state index contributed by atoms with van der Waals surface area (Å²) in [6.07, 6.45) is 2.74. The van der Waals surface area contributed by atoms with Gasteiger partial charge < -0.3 is 15.2 Å². The first-order valence-corrected chi connectivity index (χ1v) is 11.3. The van der Waals surface area contributed by atoms with Gasteiger partial charge in [-0.15, -0.1) is 0 Å². The molecule has 0 saturated heterocycles. The van der Waals surface area contributed by atoms with Gasteiger partial charge in [0.05, 0.1) is 17.3 Å². The molecule has 1 aliphatic heterocycles. The van der Waals surface area contributed by atoms with Crippen molar-refractivity contribution >= 4 is 23.3 Å². The summed E-state index contributed by atoms with van der Waals surface area (Å²) < 4.78 is 27.9. The molecule has 3 aromatic rings. The van der Waals surface area contributed by atoms with Crippen LogP contribution in [0.4, 0.5) is 14.5 Å². The third-order valence-corrected chi connectivity index (χ3v) is 7.14. The zero-order valence-electron chi connectivity index (χ0n) is 18.6. The van der Waals surface area contributed by atoms with Crippen LogP contribution in [0.5, 0.6) is 0 Å². The summed E-state index contributed by atoms with van der Waals surface area (Å²) in [5.74, 6) is -1.66. The summed E-state index contributed by atoms with van der Waals surface area (Å²) in [6, 6.07) is 2.63. The van der Waals surface area contributed by atoms with Crippen LogP contribution < -0.4 is 10.6 Å². The van der Waals surface area contributed by atoms with E-state index in [4.69, 9.17) is 0 Å². The van der Waals surface area contributed by atoms with Gasteiger partial charge in [-0.05, 0) is 56.2 Å². The van der Waals surface area contributed by atoms with Gasteiger partial charge in [-0.25, -0.2) is 8.78 Å². The van der Waals surface area contributed by atoms with E-state index in [-0.39, 0.29) is 23.0 Å². The van der Waals surface area contributed by atoms with Gasteiger partial charge >= 0.3 is 0 Å². The summed E-state index contributed by atoms with van der Waals surface area (Å²) in [4.78, 5) is 43.2.